The topological polar surface area (TPSA) is 83.8 Å². The van der Waals surface area contributed by atoms with Crippen LogP contribution in [0, 0.1) is 0 Å². The Morgan fingerprint density at radius 3 is 2.31 bits per heavy atom. The summed E-state index contributed by atoms with van der Waals surface area (Å²) in [7, 11) is 0. The van der Waals surface area contributed by atoms with Crippen LogP contribution in [0.2, 0.25) is 0 Å². The van der Waals surface area contributed by atoms with Gasteiger partial charge in [-0.15, -0.1) is 0 Å². The fourth-order valence-corrected chi connectivity index (χ4v) is 1.22. The summed E-state index contributed by atoms with van der Waals surface area (Å²) in [5.41, 5.74) is -1.54. The molecule has 0 amide bonds. The Morgan fingerprint density at radius 2 is 1.94 bits per heavy atom. The highest BCUT2D eigenvalue weighted by molar-refractivity contribution is 5.82. The van der Waals surface area contributed by atoms with Crippen LogP contribution in [0.4, 0.5) is 0 Å². The van der Waals surface area contributed by atoms with Crippen molar-refractivity contribution in [2.45, 2.75) is 58.2 Å². The minimum absolute atomic E-state index is 0.259. The van der Waals surface area contributed by atoms with Gasteiger partial charge in [0.15, 0.2) is 0 Å². The molecule has 0 radical (unpaired) electrons. The standard InChI is InChI=1S/C11H20O5/c1-4-5-6-7-11(3,10(14)15)16-9(13)8(2)12/h8,12H,4-7H2,1-3H3,(H,14,15). The van der Waals surface area contributed by atoms with Crippen molar-refractivity contribution in [2.75, 3.05) is 0 Å². The lowest BCUT2D eigenvalue weighted by Crippen LogP contribution is -2.42. The molecule has 16 heavy (non-hydrogen) atoms. The van der Waals surface area contributed by atoms with E-state index in [1.165, 1.54) is 13.8 Å². The number of carboxylic acids is 1. The zero-order valence-electron chi connectivity index (χ0n) is 10.0. The van der Waals surface area contributed by atoms with Crippen LogP contribution in [-0.4, -0.2) is 33.9 Å². The molecule has 5 nitrogen and oxygen atoms in total. The molecule has 2 atom stereocenters. The van der Waals surface area contributed by atoms with Crippen molar-refractivity contribution < 1.29 is 24.5 Å². The van der Waals surface area contributed by atoms with Crippen LogP contribution in [0.1, 0.15) is 46.5 Å². The monoisotopic (exact) mass is 232 g/mol. The van der Waals surface area contributed by atoms with Crippen molar-refractivity contribution in [2.24, 2.45) is 0 Å². The van der Waals surface area contributed by atoms with Gasteiger partial charge >= 0.3 is 11.9 Å². The summed E-state index contributed by atoms with van der Waals surface area (Å²) in [5, 5.41) is 18.0. The first kappa shape index (κ1) is 14.9. The number of rotatable bonds is 7. The molecule has 0 aliphatic heterocycles. The fraction of sp³-hybridized carbons (Fsp3) is 0.818. The summed E-state index contributed by atoms with van der Waals surface area (Å²) < 4.78 is 4.82. The van der Waals surface area contributed by atoms with Gasteiger partial charge in [0, 0.05) is 0 Å². The van der Waals surface area contributed by atoms with Gasteiger partial charge in [0.05, 0.1) is 0 Å². The molecule has 0 heterocycles. The minimum Gasteiger partial charge on any atom is -0.478 e. The lowest BCUT2D eigenvalue weighted by molar-refractivity contribution is -0.182. The maximum absolute atomic E-state index is 11.2. The van der Waals surface area contributed by atoms with Crippen molar-refractivity contribution in [3.05, 3.63) is 0 Å². The van der Waals surface area contributed by atoms with Gasteiger partial charge in [0.2, 0.25) is 5.60 Å². The Bertz CT molecular complexity index is 249. The largest absolute Gasteiger partial charge is 0.478 e. The average molecular weight is 232 g/mol. The fourth-order valence-electron chi connectivity index (χ4n) is 1.22. The number of unbranched alkanes of at least 4 members (excludes halogenated alkanes) is 2. The van der Waals surface area contributed by atoms with Crippen molar-refractivity contribution in [1.82, 2.24) is 0 Å². The van der Waals surface area contributed by atoms with E-state index in [1.54, 1.807) is 0 Å². The van der Waals surface area contributed by atoms with E-state index < -0.39 is 23.6 Å². The Kier molecular flexibility index (Phi) is 6.03. The molecule has 0 spiro atoms. The Morgan fingerprint density at radius 1 is 1.38 bits per heavy atom. The molecule has 2 unspecified atom stereocenters. The van der Waals surface area contributed by atoms with Crippen LogP contribution in [-0.2, 0) is 14.3 Å². The van der Waals surface area contributed by atoms with E-state index in [4.69, 9.17) is 14.9 Å². The number of carbonyl (C=O) groups excluding carboxylic acids is 1. The number of ether oxygens (including phenoxy) is 1. The summed E-state index contributed by atoms with van der Waals surface area (Å²) in [6.07, 6.45) is 1.47. The van der Waals surface area contributed by atoms with Crippen molar-refractivity contribution in [3.63, 3.8) is 0 Å². The van der Waals surface area contributed by atoms with Crippen molar-refractivity contribution >= 4 is 11.9 Å². The molecule has 0 aromatic rings. The second kappa shape index (κ2) is 6.48. The van der Waals surface area contributed by atoms with E-state index in [0.29, 0.717) is 6.42 Å². The number of aliphatic hydroxyl groups excluding tert-OH is 1. The van der Waals surface area contributed by atoms with Crippen LogP contribution in [0.3, 0.4) is 0 Å². The SMILES string of the molecule is CCCCCC(C)(OC(=O)C(C)O)C(=O)O. The van der Waals surface area contributed by atoms with Gasteiger partial charge in [-0.2, -0.15) is 0 Å². The molecule has 2 N–H and O–H groups in total. The lowest BCUT2D eigenvalue weighted by Gasteiger charge is -2.25. The lowest BCUT2D eigenvalue weighted by atomic mass is 9.98. The summed E-state index contributed by atoms with van der Waals surface area (Å²) in [6, 6.07) is 0. The Labute approximate surface area is 95.4 Å². The van der Waals surface area contributed by atoms with Crippen molar-refractivity contribution in [1.29, 1.82) is 0 Å². The third kappa shape index (κ3) is 4.61. The average Bonchev–Trinajstić information content (AvgIpc) is 2.17. The number of carboxylic acid groups (broad SMARTS) is 1. The molecule has 0 aromatic heterocycles. The second-order valence-electron chi connectivity index (χ2n) is 4.09. The van der Waals surface area contributed by atoms with Crippen LogP contribution in [0.25, 0.3) is 0 Å². The summed E-state index contributed by atoms with van der Waals surface area (Å²) >= 11 is 0. The highest BCUT2D eigenvalue weighted by Gasteiger charge is 2.37. The molecular weight excluding hydrogens is 212 g/mol. The number of hydrogen-bond acceptors (Lipinski definition) is 4. The summed E-state index contributed by atoms with van der Waals surface area (Å²) in [6.45, 7) is 4.60. The van der Waals surface area contributed by atoms with E-state index in [1.807, 2.05) is 6.92 Å². The minimum atomic E-state index is -1.54. The molecule has 0 rings (SSSR count). The number of aliphatic hydroxyl groups is 1. The molecular formula is C11H20O5. The van der Waals surface area contributed by atoms with Gasteiger partial charge in [-0.3, -0.25) is 0 Å². The van der Waals surface area contributed by atoms with Gasteiger partial charge in [0.1, 0.15) is 6.10 Å². The highest BCUT2D eigenvalue weighted by atomic mass is 16.6. The van der Waals surface area contributed by atoms with Gasteiger partial charge in [-0.1, -0.05) is 19.8 Å². The molecule has 0 aliphatic rings. The third-order valence-electron chi connectivity index (χ3n) is 2.38. The van der Waals surface area contributed by atoms with E-state index in [9.17, 15) is 9.59 Å². The quantitative estimate of drug-likeness (QED) is 0.511. The molecule has 0 saturated heterocycles. The zero-order valence-corrected chi connectivity index (χ0v) is 10.0. The van der Waals surface area contributed by atoms with Crippen LogP contribution in [0.5, 0.6) is 0 Å². The number of hydrogen-bond donors (Lipinski definition) is 2. The molecule has 5 heteroatoms. The van der Waals surface area contributed by atoms with Crippen molar-refractivity contribution in [3.8, 4) is 0 Å². The van der Waals surface area contributed by atoms with E-state index in [2.05, 4.69) is 0 Å². The first-order valence-corrected chi connectivity index (χ1v) is 5.47. The van der Waals surface area contributed by atoms with Crippen LogP contribution < -0.4 is 0 Å². The summed E-state index contributed by atoms with van der Waals surface area (Å²) in [4.78, 5) is 22.2. The van der Waals surface area contributed by atoms with Crippen LogP contribution in [0.15, 0.2) is 0 Å². The molecule has 0 aliphatic carbocycles. The summed E-state index contributed by atoms with van der Waals surface area (Å²) in [5.74, 6) is -2.08. The van der Waals surface area contributed by atoms with Crippen LogP contribution >= 0.6 is 0 Å². The third-order valence-corrected chi connectivity index (χ3v) is 2.38. The smallest absolute Gasteiger partial charge is 0.347 e. The maximum atomic E-state index is 11.2. The Hall–Kier alpha value is -1.10. The van der Waals surface area contributed by atoms with Gasteiger partial charge in [0.25, 0.3) is 0 Å². The first-order chi connectivity index (χ1) is 7.33. The van der Waals surface area contributed by atoms with E-state index in [-0.39, 0.29) is 6.42 Å². The normalized spacial score (nSPS) is 16.2. The van der Waals surface area contributed by atoms with Gasteiger partial charge in [-0.25, -0.2) is 9.59 Å². The molecule has 94 valence electrons. The highest BCUT2D eigenvalue weighted by Crippen LogP contribution is 2.20. The van der Waals surface area contributed by atoms with E-state index in [0.717, 1.165) is 12.8 Å². The molecule has 0 fully saturated rings. The predicted molar refractivity (Wildman–Crippen MR) is 58.0 cm³/mol. The maximum Gasteiger partial charge on any atom is 0.347 e. The molecule has 0 bridgehead atoms. The first-order valence-electron chi connectivity index (χ1n) is 5.47. The number of aliphatic carboxylic acids is 1. The second-order valence-corrected chi connectivity index (χ2v) is 4.09. The van der Waals surface area contributed by atoms with Gasteiger partial charge < -0.3 is 14.9 Å². The number of esters is 1. The molecule has 0 saturated carbocycles. The predicted octanol–water partition coefficient (Wildman–Crippen LogP) is 1.33. The zero-order chi connectivity index (χ0) is 12.8. The number of carbonyl (C=O) groups is 2. The molecule has 0 aromatic carbocycles. The Balaban J connectivity index is 4.45. The van der Waals surface area contributed by atoms with Gasteiger partial charge in [-0.05, 0) is 26.7 Å². The van der Waals surface area contributed by atoms with E-state index >= 15 is 0 Å².